The molecule has 90 valence electrons. The maximum absolute atomic E-state index is 5.14. The van der Waals surface area contributed by atoms with Crippen molar-refractivity contribution in [3.63, 3.8) is 0 Å². The molecule has 15 heavy (non-hydrogen) atoms. The third-order valence-electron chi connectivity index (χ3n) is 3.43. The van der Waals surface area contributed by atoms with Gasteiger partial charge in [-0.2, -0.15) is 0 Å². The Bertz CT molecular complexity index is 167. The molecule has 1 heterocycles. The van der Waals surface area contributed by atoms with E-state index < -0.39 is 0 Å². The molecule has 0 spiro atoms. The molecule has 2 unspecified atom stereocenters. The summed E-state index contributed by atoms with van der Waals surface area (Å²) in [4.78, 5) is 2.42. The Morgan fingerprint density at radius 2 is 1.93 bits per heavy atom. The van der Waals surface area contributed by atoms with Crippen molar-refractivity contribution < 1.29 is 4.74 Å². The highest BCUT2D eigenvalue weighted by molar-refractivity contribution is 4.80. The minimum absolute atomic E-state index is 0.463. The highest BCUT2D eigenvalue weighted by atomic mass is 16.5. The van der Waals surface area contributed by atoms with Gasteiger partial charge in [0.15, 0.2) is 0 Å². The molecule has 0 radical (unpaired) electrons. The summed E-state index contributed by atoms with van der Waals surface area (Å²) in [5, 5.41) is 3.62. The van der Waals surface area contributed by atoms with Crippen LogP contribution in [-0.2, 0) is 4.74 Å². The van der Waals surface area contributed by atoms with E-state index in [0.717, 1.165) is 12.5 Å². The van der Waals surface area contributed by atoms with Crippen LogP contribution in [0.2, 0.25) is 0 Å². The largest absolute Gasteiger partial charge is 0.383 e. The van der Waals surface area contributed by atoms with Gasteiger partial charge in [0, 0.05) is 19.2 Å². The molecule has 1 saturated heterocycles. The zero-order chi connectivity index (χ0) is 11.3. The molecule has 2 atom stereocenters. The molecule has 0 aliphatic carbocycles. The van der Waals surface area contributed by atoms with E-state index in [-0.39, 0.29) is 0 Å². The lowest BCUT2D eigenvalue weighted by Crippen LogP contribution is -2.45. The monoisotopic (exact) mass is 214 g/mol. The molecule has 0 aromatic heterocycles. The van der Waals surface area contributed by atoms with E-state index in [1.54, 1.807) is 7.11 Å². The van der Waals surface area contributed by atoms with E-state index in [1.807, 2.05) is 0 Å². The Morgan fingerprint density at radius 3 is 2.47 bits per heavy atom. The van der Waals surface area contributed by atoms with Gasteiger partial charge in [0.2, 0.25) is 0 Å². The van der Waals surface area contributed by atoms with Crippen molar-refractivity contribution in [2.75, 3.05) is 33.9 Å². The summed E-state index contributed by atoms with van der Waals surface area (Å²) < 4.78 is 5.14. The molecule has 3 heteroatoms. The molecule has 0 aromatic rings. The van der Waals surface area contributed by atoms with Gasteiger partial charge >= 0.3 is 0 Å². The van der Waals surface area contributed by atoms with Crippen molar-refractivity contribution in [1.29, 1.82) is 0 Å². The Labute approximate surface area is 94.2 Å². The van der Waals surface area contributed by atoms with E-state index >= 15 is 0 Å². The standard InChI is InChI=1S/C12H26N2O/c1-10(9-15-4)13-11(2)12-5-7-14(3)8-6-12/h10-13H,5-9H2,1-4H3. The lowest BCUT2D eigenvalue weighted by atomic mass is 9.90. The topological polar surface area (TPSA) is 24.5 Å². The van der Waals surface area contributed by atoms with Crippen LogP contribution in [0.4, 0.5) is 0 Å². The van der Waals surface area contributed by atoms with Crippen molar-refractivity contribution in [1.82, 2.24) is 10.2 Å². The van der Waals surface area contributed by atoms with Crippen LogP contribution >= 0.6 is 0 Å². The summed E-state index contributed by atoms with van der Waals surface area (Å²) in [6, 6.07) is 1.08. The first-order valence-electron chi connectivity index (χ1n) is 6.07. The summed E-state index contributed by atoms with van der Waals surface area (Å²) in [5.41, 5.74) is 0. The first kappa shape index (κ1) is 12.9. The fraction of sp³-hybridized carbons (Fsp3) is 1.00. The van der Waals surface area contributed by atoms with Crippen LogP contribution in [-0.4, -0.2) is 50.8 Å². The highest BCUT2D eigenvalue weighted by Gasteiger charge is 2.22. The predicted molar refractivity (Wildman–Crippen MR) is 64.2 cm³/mol. The maximum Gasteiger partial charge on any atom is 0.0613 e. The van der Waals surface area contributed by atoms with Gasteiger partial charge in [0.05, 0.1) is 6.61 Å². The zero-order valence-corrected chi connectivity index (χ0v) is 10.6. The van der Waals surface area contributed by atoms with Gasteiger partial charge in [-0.15, -0.1) is 0 Å². The summed E-state index contributed by atoms with van der Waals surface area (Å²) in [5.74, 6) is 0.834. The number of nitrogens with zero attached hydrogens (tertiary/aromatic N) is 1. The first-order valence-corrected chi connectivity index (χ1v) is 6.07. The summed E-state index contributed by atoms with van der Waals surface area (Å²) >= 11 is 0. The minimum atomic E-state index is 0.463. The summed E-state index contributed by atoms with van der Waals surface area (Å²) in [6.45, 7) is 7.79. The fourth-order valence-electron chi connectivity index (χ4n) is 2.41. The van der Waals surface area contributed by atoms with E-state index in [1.165, 1.54) is 25.9 Å². The molecular weight excluding hydrogens is 188 g/mol. The minimum Gasteiger partial charge on any atom is -0.383 e. The van der Waals surface area contributed by atoms with Crippen molar-refractivity contribution in [2.45, 2.75) is 38.8 Å². The van der Waals surface area contributed by atoms with Crippen LogP contribution in [0.15, 0.2) is 0 Å². The molecular formula is C12H26N2O. The molecule has 1 aliphatic rings. The van der Waals surface area contributed by atoms with Gasteiger partial charge in [0.1, 0.15) is 0 Å². The lowest BCUT2D eigenvalue weighted by molar-refractivity contribution is 0.145. The van der Waals surface area contributed by atoms with Crippen molar-refractivity contribution in [2.24, 2.45) is 5.92 Å². The average molecular weight is 214 g/mol. The quantitative estimate of drug-likeness (QED) is 0.747. The van der Waals surface area contributed by atoms with Gasteiger partial charge < -0.3 is 15.0 Å². The first-order chi connectivity index (χ1) is 7.13. The van der Waals surface area contributed by atoms with E-state index in [9.17, 15) is 0 Å². The van der Waals surface area contributed by atoms with E-state index in [4.69, 9.17) is 4.74 Å². The second kappa shape index (κ2) is 6.46. The molecule has 1 fully saturated rings. The number of methoxy groups -OCH3 is 1. The Morgan fingerprint density at radius 1 is 1.33 bits per heavy atom. The highest BCUT2D eigenvalue weighted by Crippen LogP contribution is 2.19. The number of piperidine rings is 1. The molecule has 0 aromatic carbocycles. The molecule has 1 rings (SSSR count). The number of likely N-dealkylation sites (tertiary alicyclic amines) is 1. The Hall–Kier alpha value is -0.120. The fourth-order valence-corrected chi connectivity index (χ4v) is 2.41. The summed E-state index contributed by atoms with van der Waals surface area (Å²) in [6.07, 6.45) is 2.65. The maximum atomic E-state index is 5.14. The van der Waals surface area contributed by atoms with Crippen LogP contribution in [0.1, 0.15) is 26.7 Å². The van der Waals surface area contributed by atoms with E-state index in [0.29, 0.717) is 12.1 Å². The van der Waals surface area contributed by atoms with Crippen LogP contribution in [0.25, 0.3) is 0 Å². The second-order valence-electron chi connectivity index (χ2n) is 4.95. The predicted octanol–water partition coefficient (Wildman–Crippen LogP) is 1.34. The lowest BCUT2D eigenvalue weighted by Gasteiger charge is -2.34. The number of nitrogens with one attached hydrogen (secondary N) is 1. The number of ether oxygens (including phenoxy) is 1. The van der Waals surface area contributed by atoms with Crippen LogP contribution in [0.5, 0.6) is 0 Å². The Balaban J connectivity index is 2.24. The van der Waals surface area contributed by atoms with Gasteiger partial charge in [-0.1, -0.05) is 0 Å². The zero-order valence-electron chi connectivity index (χ0n) is 10.6. The number of hydrogen-bond acceptors (Lipinski definition) is 3. The van der Waals surface area contributed by atoms with Crippen molar-refractivity contribution in [3.8, 4) is 0 Å². The number of rotatable bonds is 5. The Kier molecular flexibility index (Phi) is 5.58. The second-order valence-corrected chi connectivity index (χ2v) is 4.95. The SMILES string of the molecule is COCC(C)NC(C)C1CCN(C)CC1. The molecule has 0 saturated carbocycles. The van der Waals surface area contributed by atoms with Crippen LogP contribution in [0.3, 0.4) is 0 Å². The van der Waals surface area contributed by atoms with Gasteiger partial charge in [-0.25, -0.2) is 0 Å². The van der Waals surface area contributed by atoms with Crippen LogP contribution in [0, 0.1) is 5.92 Å². The van der Waals surface area contributed by atoms with Crippen LogP contribution < -0.4 is 5.32 Å². The molecule has 1 aliphatic heterocycles. The summed E-state index contributed by atoms with van der Waals surface area (Å²) in [7, 11) is 3.97. The number of hydrogen-bond donors (Lipinski definition) is 1. The molecule has 1 N–H and O–H groups in total. The van der Waals surface area contributed by atoms with Gasteiger partial charge in [-0.3, -0.25) is 0 Å². The van der Waals surface area contributed by atoms with Gasteiger partial charge in [0.25, 0.3) is 0 Å². The van der Waals surface area contributed by atoms with Gasteiger partial charge in [-0.05, 0) is 52.7 Å². The third-order valence-corrected chi connectivity index (χ3v) is 3.43. The average Bonchev–Trinajstić information content (AvgIpc) is 2.18. The van der Waals surface area contributed by atoms with Crippen molar-refractivity contribution in [3.05, 3.63) is 0 Å². The normalized spacial score (nSPS) is 24.0. The molecule has 0 bridgehead atoms. The van der Waals surface area contributed by atoms with E-state index in [2.05, 4.69) is 31.1 Å². The molecule has 3 nitrogen and oxygen atoms in total. The third kappa shape index (κ3) is 4.49. The van der Waals surface area contributed by atoms with Crippen molar-refractivity contribution >= 4 is 0 Å². The molecule has 0 amide bonds. The smallest absolute Gasteiger partial charge is 0.0613 e.